The van der Waals surface area contributed by atoms with Crippen molar-refractivity contribution < 1.29 is 4.57 Å². The fourth-order valence-corrected chi connectivity index (χ4v) is 2.33. The minimum absolute atomic E-state index is 0.590. The van der Waals surface area contributed by atoms with Gasteiger partial charge in [0.25, 0.3) is 5.65 Å². The lowest BCUT2D eigenvalue weighted by Crippen LogP contribution is -2.32. The molecule has 0 unspecified atom stereocenters. The van der Waals surface area contributed by atoms with Gasteiger partial charge in [-0.25, -0.2) is 8.97 Å². The first-order chi connectivity index (χ1) is 8.74. The lowest BCUT2D eigenvalue weighted by atomic mass is 10.2. The van der Waals surface area contributed by atoms with E-state index in [4.69, 9.17) is 23.2 Å². The Hall–Kier alpha value is -1.51. The van der Waals surface area contributed by atoms with E-state index in [1.807, 2.05) is 42.7 Å². The largest absolute Gasteiger partial charge is 0.286 e. The Kier molecular flexibility index (Phi) is 2.98. The molecule has 0 radical (unpaired) electrons. The average Bonchev–Trinajstić information content (AvgIpc) is 2.78. The predicted molar refractivity (Wildman–Crippen MR) is 73.2 cm³/mol. The van der Waals surface area contributed by atoms with Crippen molar-refractivity contribution >= 4 is 28.8 Å². The second kappa shape index (κ2) is 4.63. The summed E-state index contributed by atoms with van der Waals surface area (Å²) in [6.07, 6.45) is 6.12. The number of pyridine rings is 1. The van der Waals surface area contributed by atoms with Crippen LogP contribution in [-0.2, 0) is 6.54 Å². The third-order valence-electron chi connectivity index (χ3n) is 2.91. The molecule has 2 nitrogen and oxygen atoms in total. The van der Waals surface area contributed by atoms with Crippen molar-refractivity contribution in [3.8, 4) is 0 Å². The zero-order valence-corrected chi connectivity index (χ0v) is 11.1. The second-order valence-electron chi connectivity index (χ2n) is 4.14. The van der Waals surface area contributed by atoms with Crippen LogP contribution < -0.4 is 4.57 Å². The summed E-state index contributed by atoms with van der Waals surface area (Å²) in [7, 11) is 0. The van der Waals surface area contributed by atoms with E-state index in [0.29, 0.717) is 10.0 Å². The Bertz CT molecular complexity index is 704. The monoisotopic (exact) mass is 277 g/mol. The summed E-state index contributed by atoms with van der Waals surface area (Å²) in [5.41, 5.74) is 2.27. The van der Waals surface area contributed by atoms with Crippen LogP contribution in [-0.4, -0.2) is 4.40 Å². The van der Waals surface area contributed by atoms with Crippen molar-refractivity contribution in [1.29, 1.82) is 0 Å². The molecule has 1 aromatic carbocycles. The van der Waals surface area contributed by atoms with E-state index in [2.05, 4.69) is 21.2 Å². The number of hydrogen-bond acceptors (Lipinski definition) is 0. The molecule has 4 heteroatoms. The van der Waals surface area contributed by atoms with Crippen LogP contribution in [0, 0.1) is 0 Å². The Morgan fingerprint density at radius 3 is 2.72 bits per heavy atom. The van der Waals surface area contributed by atoms with Gasteiger partial charge in [0.1, 0.15) is 18.9 Å². The Morgan fingerprint density at radius 2 is 1.89 bits per heavy atom. The van der Waals surface area contributed by atoms with Crippen LogP contribution in [0.15, 0.2) is 55.0 Å². The molecule has 3 aromatic rings. The number of imidazole rings is 1. The molecule has 0 aliphatic heterocycles. The first-order valence-corrected chi connectivity index (χ1v) is 6.39. The fourth-order valence-electron chi connectivity index (χ4n) is 2.01. The van der Waals surface area contributed by atoms with Gasteiger partial charge in [-0.05, 0) is 23.8 Å². The molecule has 18 heavy (non-hydrogen) atoms. The summed E-state index contributed by atoms with van der Waals surface area (Å²) < 4.78 is 4.25. The third kappa shape index (κ3) is 2.09. The maximum atomic E-state index is 6.03. The standard InChI is InChI=1S/C14H11Cl2N2/c15-12-5-4-11(9-13(12)16)10-18-8-7-17-6-2-1-3-14(17)18/h1-9H,10H2/q+1. The lowest BCUT2D eigenvalue weighted by molar-refractivity contribution is -0.661. The molecule has 0 amide bonds. The van der Waals surface area contributed by atoms with E-state index in [1.165, 1.54) is 0 Å². The van der Waals surface area contributed by atoms with E-state index < -0.39 is 0 Å². The molecule has 2 heterocycles. The van der Waals surface area contributed by atoms with Crippen molar-refractivity contribution in [2.45, 2.75) is 6.54 Å². The predicted octanol–water partition coefficient (Wildman–Crippen LogP) is 3.58. The van der Waals surface area contributed by atoms with Crippen LogP contribution in [0.3, 0.4) is 0 Å². The fraction of sp³-hybridized carbons (Fsp3) is 0.0714. The minimum Gasteiger partial charge on any atom is -0.226 e. The van der Waals surface area contributed by atoms with E-state index in [-0.39, 0.29) is 0 Å². The smallest absolute Gasteiger partial charge is 0.226 e. The third-order valence-corrected chi connectivity index (χ3v) is 3.65. The number of aromatic nitrogens is 2. The van der Waals surface area contributed by atoms with E-state index >= 15 is 0 Å². The van der Waals surface area contributed by atoms with Gasteiger partial charge in [0.05, 0.1) is 16.2 Å². The lowest BCUT2D eigenvalue weighted by Gasteiger charge is -2.01. The Labute approximate surface area is 115 Å². The molecular formula is C14H11Cl2N2+. The second-order valence-corrected chi connectivity index (χ2v) is 4.96. The minimum atomic E-state index is 0.590. The summed E-state index contributed by atoms with van der Waals surface area (Å²) >= 11 is 11.9. The van der Waals surface area contributed by atoms with E-state index in [1.54, 1.807) is 0 Å². The van der Waals surface area contributed by atoms with Gasteiger partial charge in [-0.3, -0.25) is 0 Å². The van der Waals surface area contributed by atoms with Gasteiger partial charge in [-0.15, -0.1) is 0 Å². The number of rotatable bonds is 2. The van der Waals surface area contributed by atoms with Crippen LogP contribution in [0.4, 0.5) is 0 Å². The number of nitrogens with zero attached hydrogens (tertiary/aromatic N) is 2. The molecule has 0 aliphatic carbocycles. The quantitative estimate of drug-likeness (QED) is 0.633. The number of benzene rings is 1. The zero-order chi connectivity index (χ0) is 12.5. The molecule has 0 bridgehead atoms. The maximum Gasteiger partial charge on any atom is 0.286 e. The highest BCUT2D eigenvalue weighted by atomic mass is 35.5. The van der Waals surface area contributed by atoms with Crippen molar-refractivity contribution in [2.24, 2.45) is 0 Å². The van der Waals surface area contributed by atoms with Crippen LogP contribution in [0.25, 0.3) is 5.65 Å². The van der Waals surface area contributed by atoms with E-state index in [9.17, 15) is 0 Å². The van der Waals surface area contributed by atoms with Crippen LogP contribution in [0.5, 0.6) is 0 Å². The summed E-state index contributed by atoms with van der Waals surface area (Å²) in [5.74, 6) is 0. The molecule has 0 saturated carbocycles. The van der Waals surface area contributed by atoms with Crippen LogP contribution in [0.2, 0.25) is 10.0 Å². The topological polar surface area (TPSA) is 8.29 Å². The molecule has 0 fully saturated rings. The van der Waals surface area contributed by atoms with Crippen molar-refractivity contribution in [3.63, 3.8) is 0 Å². The SMILES string of the molecule is Clc1ccc(C[n+]2ccn3ccccc32)cc1Cl. The van der Waals surface area contributed by atoms with Gasteiger partial charge < -0.3 is 0 Å². The Balaban J connectivity index is 1.98. The summed E-state index contributed by atoms with van der Waals surface area (Å²) in [4.78, 5) is 0. The molecular weight excluding hydrogens is 267 g/mol. The first kappa shape index (κ1) is 11.6. The molecule has 0 atom stereocenters. The average molecular weight is 278 g/mol. The van der Waals surface area contributed by atoms with Gasteiger partial charge in [0.2, 0.25) is 0 Å². The number of halogens is 2. The summed E-state index contributed by atoms with van der Waals surface area (Å²) in [6.45, 7) is 0.775. The molecule has 0 aliphatic rings. The molecule has 0 spiro atoms. The van der Waals surface area contributed by atoms with Gasteiger partial charge in [-0.1, -0.05) is 35.3 Å². The van der Waals surface area contributed by atoms with Crippen LogP contribution in [0.1, 0.15) is 5.56 Å². The van der Waals surface area contributed by atoms with Gasteiger partial charge >= 0.3 is 0 Å². The number of hydrogen-bond donors (Lipinski definition) is 0. The molecule has 90 valence electrons. The van der Waals surface area contributed by atoms with Gasteiger partial charge in [0.15, 0.2) is 0 Å². The molecule has 2 aromatic heterocycles. The van der Waals surface area contributed by atoms with Gasteiger partial charge in [0, 0.05) is 6.07 Å². The molecule has 3 rings (SSSR count). The van der Waals surface area contributed by atoms with Crippen LogP contribution >= 0.6 is 23.2 Å². The number of fused-ring (bicyclic) bond motifs is 1. The highest BCUT2D eigenvalue weighted by molar-refractivity contribution is 6.42. The van der Waals surface area contributed by atoms with Crippen molar-refractivity contribution in [2.75, 3.05) is 0 Å². The Morgan fingerprint density at radius 1 is 1.00 bits per heavy atom. The molecule has 0 saturated heterocycles. The summed E-state index contributed by atoms with van der Waals surface area (Å²) in [6, 6.07) is 11.9. The van der Waals surface area contributed by atoms with Crippen molar-refractivity contribution in [1.82, 2.24) is 4.40 Å². The zero-order valence-electron chi connectivity index (χ0n) is 9.55. The maximum absolute atomic E-state index is 6.03. The molecule has 0 N–H and O–H groups in total. The highest BCUT2D eigenvalue weighted by Crippen LogP contribution is 2.22. The first-order valence-electron chi connectivity index (χ1n) is 5.63. The van der Waals surface area contributed by atoms with E-state index in [0.717, 1.165) is 17.8 Å². The van der Waals surface area contributed by atoms with Gasteiger partial charge in [-0.2, -0.15) is 0 Å². The summed E-state index contributed by atoms with van der Waals surface area (Å²) in [5, 5.41) is 1.19. The normalized spacial score (nSPS) is 11.0. The highest BCUT2D eigenvalue weighted by Gasteiger charge is 2.09. The van der Waals surface area contributed by atoms with Crippen molar-refractivity contribution in [3.05, 3.63) is 70.6 Å².